The van der Waals surface area contributed by atoms with Crippen molar-refractivity contribution in [3.8, 4) is 0 Å². The third kappa shape index (κ3) is 4.80. The molecule has 1 unspecified atom stereocenters. The summed E-state index contributed by atoms with van der Waals surface area (Å²) >= 11 is 0. The van der Waals surface area contributed by atoms with Gasteiger partial charge in [-0.1, -0.05) is 6.08 Å². The van der Waals surface area contributed by atoms with Gasteiger partial charge in [0.2, 0.25) is 0 Å². The zero-order valence-electron chi connectivity index (χ0n) is 8.50. The van der Waals surface area contributed by atoms with Gasteiger partial charge in [0, 0.05) is 6.42 Å². The fraction of sp³-hybridized carbons (Fsp3) is 0.700. The van der Waals surface area contributed by atoms with Crippen LogP contribution in [0.3, 0.4) is 0 Å². The maximum absolute atomic E-state index is 11.2. The third-order valence-corrected chi connectivity index (χ3v) is 1.98. The van der Waals surface area contributed by atoms with Crippen LogP contribution in [-0.2, 0) is 4.79 Å². The molecule has 2 N–H and O–H groups in total. The first-order valence-electron chi connectivity index (χ1n) is 4.31. The molecule has 0 spiro atoms. The van der Waals surface area contributed by atoms with E-state index in [-0.39, 0.29) is 12.2 Å². The molecule has 0 amide bonds. The molecule has 0 aliphatic carbocycles. The molecule has 0 radical (unpaired) electrons. The molecule has 1 atom stereocenters. The third-order valence-electron chi connectivity index (χ3n) is 1.98. The van der Waals surface area contributed by atoms with Crippen molar-refractivity contribution >= 4 is 5.78 Å². The zero-order valence-corrected chi connectivity index (χ0v) is 8.50. The molecule has 0 rings (SSSR count). The highest BCUT2D eigenvalue weighted by atomic mass is 16.3. The molecule has 0 saturated carbocycles. The van der Waals surface area contributed by atoms with Crippen LogP contribution >= 0.6 is 0 Å². The number of rotatable bonds is 5. The van der Waals surface area contributed by atoms with Crippen LogP contribution in [0.4, 0.5) is 0 Å². The molecule has 0 bridgehead atoms. The Hall–Kier alpha value is -0.670. The van der Waals surface area contributed by atoms with Gasteiger partial charge in [-0.3, -0.25) is 4.79 Å². The lowest BCUT2D eigenvalue weighted by molar-refractivity contribution is -0.134. The minimum absolute atomic E-state index is 0.155. The van der Waals surface area contributed by atoms with Gasteiger partial charge >= 0.3 is 0 Å². The molecule has 0 aliphatic heterocycles. The molecule has 0 heterocycles. The smallest absolute Gasteiger partial charge is 0.163 e. The van der Waals surface area contributed by atoms with Crippen LogP contribution < -0.4 is 0 Å². The number of Topliss-reactive ketones (excluding diaryl/α,β-unsaturated/α-hetero) is 1. The SMILES string of the molecule is C=CC(C)(O)CCC(=O)C(C)(C)O. The van der Waals surface area contributed by atoms with E-state index in [1.54, 1.807) is 6.92 Å². The van der Waals surface area contributed by atoms with Crippen LogP contribution in [0.25, 0.3) is 0 Å². The van der Waals surface area contributed by atoms with E-state index in [1.165, 1.54) is 19.9 Å². The number of hydrogen-bond acceptors (Lipinski definition) is 3. The summed E-state index contributed by atoms with van der Waals surface area (Å²) < 4.78 is 0. The number of hydrogen-bond donors (Lipinski definition) is 2. The first-order chi connectivity index (χ1) is 5.69. The van der Waals surface area contributed by atoms with Gasteiger partial charge in [0.15, 0.2) is 5.78 Å². The minimum atomic E-state index is -1.31. The van der Waals surface area contributed by atoms with Crippen LogP contribution in [0.15, 0.2) is 12.7 Å². The minimum Gasteiger partial charge on any atom is -0.386 e. The summed E-state index contributed by atoms with van der Waals surface area (Å²) in [5, 5.41) is 18.8. The second-order valence-corrected chi connectivity index (χ2v) is 4.04. The number of carbonyl (C=O) groups is 1. The van der Waals surface area contributed by atoms with Crippen LogP contribution in [0.1, 0.15) is 33.6 Å². The van der Waals surface area contributed by atoms with Crippen molar-refractivity contribution in [3.05, 3.63) is 12.7 Å². The lowest BCUT2D eigenvalue weighted by Gasteiger charge is -2.20. The summed E-state index contributed by atoms with van der Waals surface area (Å²) in [6, 6.07) is 0. The Kier molecular flexibility index (Phi) is 3.82. The quantitative estimate of drug-likeness (QED) is 0.631. The van der Waals surface area contributed by atoms with E-state index in [0.717, 1.165) is 0 Å². The second kappa shape index (κ2) is 4.03. The summed E-state index contributed by atoms with van der Waals surface area (Å²) in [5.74, 6) is -0.269. The maximum atomic E-state index is 11.2. The van der Waals surface area contributed by atoms with Crippen molar-refractivity contribution in [3.63, 3.8) is 0 Å². The molecule has 0 aromatic carbocycles. The zero-order chi connectivity index (χ0) is 10.7. The van der Waals surface area contributed by atoms with Crippen molar-refractivity contribution < 1.29 is 15.0 Å². The Bertz CT molecular complexity index is 199. The van der Waals surface area contributed by atoms with E-state index in [4.69, 9.17) is 0 Å². The lowest BCUT2D eigenvalue weighted by Crippen LogP contribution is -2.33. The standard InChI is InChI=1S/C10H18O3/c1-5-10(4,13)7-6-8(11)9(2,3)12/h5,12-13H,1,6-7H2,2-4H3. The molecule has 0 aromatic heterocycles. The Morgan fingerprint density at radius 2 is 1.85 bits per heavy atom. The summed E-state index contributed by atoms with van der Waals surface area (Å²) in [6.45, 7) is 7.91. The largest absolute Gasteiger partial charge is 0.386 e. The van der Waals surface area contributed by atoms with Crippen LogP contribution in [0.2, 0.25) is 0 Å². The first-order valence-corrected chi connectivity index (χ1v) is 4.31. The fourth-order valence-electron chi connectivity index (χ4n) is 0.775. The predicted molar refractivity (Wildman–Crippen MR) is 51.4 cm³/mol. The molecule has 0 fully saturated rings. The highest BCUT2D eigenvalue weighted by molar-refractivity contribution is 5.86. The average Bonchev–Trinajstić information content (AvgIpc) is 1.98. The number of aliphatic hydroxyl groups is 2. The van der Waals surface area contributed by atoms with Crippen molar-refractivity contribution in [1.29, 1.82) is 0 Å². The average molecular weight is 186 g/mol. The van der Waals surface area contributed by atoms with Crippen molar-refractivity contribution in [1.82, 2.24) is 0 Å². The van der Waals surface area contributed by atoms with E-state index in [0.29, 0.717) is 6.42 Å². The Balaban J connectivity index is 4.05. The molecule has 0 saturated heterocycles. The Morgan fingerprint density at radius 3 is 2.15 bits per heavy atom. The normalized spacial score (nSPS) is 16.4. The lowest BCUT2D eigenvalue weighted by atomic mass is 9.93. The summed E-state index contributed by atoms with van der Waals surface area (Å²) in [5.41, 5.74) is -2.34. The molecular formula is C10H18O3. The topological polar surface area (TPSA) is 57.5 Å². The van der Waals surface area contributed by atoms with Gasteiger partial charge in [-0.2, -0.15) is 0 Å². The van der Waals surface area contributed by atoms with Gasteiger partial charge < -0.3 is 10.2 Å². The number of ketones is 1. The van der Waals surface area contributed by atoms with Crippen molar-refractivity contribution in [2.24, 2.45) is 0 Å². The fourth-order valence-corrected chi connectivity index (χ4v) is 0.775. The van der Waals surface area contributed by atoms with Gasteiger partial charge in [0.25, 0.3) is 0 Å². The second-order valence-electron chi connectivity index (χ2n) is 4.04. The molecule has 3 heteroatoms. The highest BCUT2D eigenvalue weighted by Gasteiger charge is 2.26. The van der Waals surface area contributed by atoms with E-state index in [2.05, 4.69) is 6.58 Å². The predicted octanol–water partition coefficient (Wildman–Crippen LogP) is 1.04. The van der Waals surface area contributed by atoms with E-state index in [1.807, 2.05) is 0 Å². The van der Waals surface area contributed by atoms with Gasteiger partial charge in [-0.05, 0) is 27.2 Å². The summed E-state index contributed by atoms with van der Waals surface area (Å²) in [4.78, 5) is 11.2. The molecule has 13 heavy (non-hydrogen) atoms. The monoisotopic (exact) mass is 186 g/mol. The van der Waals surface area contributed by atoms with Gasteiger partial charge in [0.1, 0.15) is 5.60 Å². The summed E-state index contributed by atoms with van der Waals surface area (Å²) in [6.07, 6.45) is 1.84. The van der Waals surface area contributed by atoms with Crippen LogP contribution in [0, 0.1) is 0 Å². The number of carbonyl (C=O) groups excluding carboxylic acids is 1. The molecule has 3 nitrogen and oxygen atoms in total. The van der Waals surface area contributed by atoms with Gasteiger partial charge in [-0.25, -0.2) is 0 Å². The van der Waals surface area contributed by atoms with Gasteiger partial charge in [-0.15, -0.1) is 6.58 Å². The molecular weight excluding hydrogens is 168 g/mol. The molecule has 76 valence electrons. The maximum Gasteiger partial charge on any atom is 0.163 e. The van der Waals surface area contributed by atoms with E-state index >= 15 is 0 Å². The molecule has 0 aliphatic rings. The Labute approximate surface area is 79.1 Å². The summed E-state index contributed by atoms with van der Waals surface area (Å²) in [7, 11) is 0. The van der Waals surface area contributed by atoms with E-state index in [9.17, 15) is 15.0 Å². The van der Waals surface area contributed by atoms with Crippen LogP contribution in [-0.4, -0.2) is 27.2 Å². The highest BCUT2D eigenvalue weighted by Crippen LogP contribution is 2.16. The first kappa shape index (κ1) is 12.3. The Morgan fingerprint density at radius 1 is 1.38 bits per heavy atom. The van der Waals surface area contributed by atoms with Crippen molar-refractivity contribution in [2.45, 2.75) is 44.8 Å². The van der Waals surface area contributed by atoms with Crippen LogP contribution in [0.5, 0.6) is 0 Å². The van der Waals surface area contributed by atoms with Crippen molar-refractivity contribution in [2.75, 3.05) is 0 Å². The van der Waals surface area contributed by atoms with Gasteiger partial charge in [0.05, 0.1) is 5.60 Å². The molecule has 0 aromatic rings. The van der Waals surface area contributed by atoms with E-state index < -0.39 is 11.2 Å².